The molecule has 1 amide bonds. The lowest BCUT2D eigenvalue weighted by atomic mass is 10.00. The maximum absolute atomic E-state index is 12.4. The molecule has 0 bridgehead atoms. The minimum absolute atomic E-state index is 0.106. The number of hydrogen-bond donors (Lipinski definition) is 1. The second kappa shape index (κ2) is 7.05. The predicted molar refractivity (Wildman–Crippen MR) is 87.7 cm³/mol. The van der Waals surface area contributed by atoms with Gasteiger partial charge in [0.2, 0.25) is 5.91 Å². The lowest BCUT2D eigenvalue weighted by molar-refractivity contribution is -0.132. The molecule has 0 aliphatic carbocycles. The molecule has 1 fully saturated rings. The van der Waals surface area contributed by atoms with Crippen molar-refractivity contribution in [3.8, 4) is 0 Å². The zero-order valence-corrected chi connectivity index (χ0v) is 14.0. The number of rotatable bonds is 5. The molecule has 0 spiro atoms. The average molecular weight is 305 g/mol. The van der Waals surface area contributed by atoms with E-state index in [9.17, 15) is 4.79 Å². The largest absolute Gasteiger partial charge is 0.354 e. The van der Waals surface area contributed by atoms with Crippen LogP contribution < -0.4 is 10.2 Å². The number of piperazine rings is 1. The van der Waals surface area contributed by atoms with Crippen LogP contribution in [0, 0.1) is 5.92 Å². The summed E-state index contributed by atoms with van der Waals surface area (Å²) in [6.07, 6.45) is 5.18. The highest BCUT2D eigenvalue weighted by Crippen LogP contribution is 2.19. The van der Waals surface area contributed by atoms with Crippen molar-refractivity contribution in [2.24, 2.45) is 5.92 Å². The molecular weight excluding hydrogens is 278 g/mol. The van der Waals surface area contributed by atoms with Crippen LogP contribution in [-0.2, 0) is 4.79 Å². The summed E-state index contributed by atoms with van der Waals surface area (Å²) in [5.74, 6) is 1.48. The fraction of sp³-hybridized carbons (Fsp3) is 0.688. The third kappa shape index (κ3) is 3.94. The molecule has 6 nitrogen and oxygen atoms in total. The van der Waals surface area contributed by atoms with Crippen molar-refractivity contribution in [2.75, 3.05) is 37.6 Å². The van der Waals surface area contributed by atoms with Gasteiger partial charge in [-0.3, -0.25) is 14.7 Å². The van der Waals surface area contributed by atoms with Gasteiger partial charge in [-0.1, -0.05) is 13.8 Å². The monoisotopic (exact) mass is 305 g/mol. The zero-order valence-electron chi connectivity index (χ0n) is 14.0. The van der Waals surface area contributed by atoms with Crippen molar-refractivity contribution in [1.29, 1.82) is 0 Å². The van der Waals surface area contributed by atoms with Gasteiger partial charge in [0.1, 0.15) is 5.82 Å². The maximum atomic E-state index is 12.4. The lowest BCUT2D eigenvalue weighted by Gasteiger charge is -2.43. The van der Waals surface area contributed by atoms with Crippen molar-refractivity contribution in [1.82, 2.24) is 20.2 Å². The Morgan fingerprint density at radius 2 is 1.95 bits per heavy atom. The van der Waals surface area contributed by atoms with Crippen LogP contribution in [0.4, 0.5) is 5.82 Å². The third-order valence-corrected chi connectivity index (χ3v) is 4.17. The maximum Gasteiger partial charge on any atom is 0.239 e. The second-order valence-electron chi connectivity index (χ2n) is 6.70. The number of carbonyl (C=O) groups is 1. The Kier molecular flexibility index (Phi) is 5.34. The second-order valence-corrected chi connectivity index (χ2v) is 6.70. The number of aromatic nitrogens is 2. The van der Waals surface area contributed by atoms with Gasteiger partial charge in [-0.15, -0.1) is 0 Å². The molecule has 0 aromatic carbocycles. The Bertz CT molecular complexity index is 481. The first-order valence-corrected chi connectivity index (χ1v) is 7.95. The molecule has 1 aliphatic rings. The van der Waals surface area contributed by atoms with Gasteiger partial charge in [-0.2, -0.15) is 0 Å². The Morgan fingerprint density at radius 1 is 1.27 bits per heavy atom. The summed E-state index contributed by atoms with van der Waals surface area (Å²) in [5, 5.41) is 3.05. The van der Waals surface area contributed by atoms with Crippen molar-refractivity contribution in [3.63, 3.8) is 0 Å². The van der Waals surface area contributed by atoms with Gasteiger partial charge in [0.05, 0.1) is 11.7 Å². The number of amides is 1. The molecule has 0 radical (unpaired) electrons. The summed E-state index contributed by atoms with van der Waals surface area (Å²) in [6.45, 7) is 12.3. The molecule has 1 N–H and O–H groups in total. The molecule has 1 aromatic heterocycles. The molecule has 6 heteroatoms. The minimum Gasteiger partial charge on any atom is -0.354 e. The molecule has 2 rings (SSSR count). The van der Waals surface area contributed by atoms with Crippen LogP contribution in [0.3, 0.4) is 0 Å². The Labute approximate surface area is 132 Å². The van der Waals surface area contributed by atoms with E-state index in [0.29, 0.717) is 5.92 Å². The molecular formula is C16H27N5O. The number of anilines is 1. The quantitative estimate of drug-likeness (QED) is 0.884. The van der Waals surface area contributed by atoms with E-state index in [1.165, 1.54) is 0 Å². The first-order chi connectivity index (χ1) is 10.4. The van der Waals surface area contributed by atoms with Gasteiger partial charge in [0.15, 0.2) is 0 Å². The minimum atomic E-state index is -0.483. The predicted octanol–water partition coefficient (Wildman–Crippen LogP) is 1.15. The summed E-state index contributed by atoms with van der Waals surface area (Å²) in [6, 6.07) is 0. The fourth-order valence-electron chi connectivity index (χ4n) is 2.61. The molecule has 2 heterocycles. The van der Waals surface area contributed by atoms with E-state index in [0.717, 1.165) is 38.5 Å². The van der Waals surface area contributed by atoms with Crippen LogP contribution in [0.1, 0.15) is 27.7 Å². The highest BCUT2D eigenvalue weighted by atomic mass is 16.2. The van der Waals surface area contributed by atoms with E-state index < -0.39 is 5.54 Å². The molecule has 1 aromatic rings. The zero-order chi connectivity index (χ0) is 16.2. The van der Waals surface area contributed by atoms with Gasteiger partial charge in [-0.05, 0) is 19.8 Å². The smallest absolute Gasteiger partial charge is 0.239 e. The fourth-order valence-corrected chi connectivity index (χ4v) is 2.61. The summed E-state index contributed by atoms with van der Waals surface area (Å²) >= 11 is 0. The number of hydrogen-bond acceptors (Lipinski definition) is 5. The first kappa shape index (κ1) is 16.7. The molecule has 1 aliphatic heterocycles. The highest BCUT2D eigenvalue weighted by molar-refractivity contribution is 5.85. The SMILES string of the molecule is CC(C)CNC(=O)C(C)(C)N1CCN(c2cnccn2)CC1. The van der Waals surface area contributed by atoms with Crippen molar-refractivity contribution < 1.29 is 4.79 Å². The van der Waals surface area contributed by atoms with Gasteiger partial charge in [0.25, 0.3) is 0 Å². The van der Waals surface area contributed by atoms with Crippen LogP contribution in [-0.4, -0.2) is 59.0 Å². The normalized spacial score (nSPS) is 16.9. The van der Waals surface area contributed by atoms with Crippen molar-refractivity contribution in [3.05, 3.63) is 18.6 Å². The first-order valence-electron chi connectivity index (χ1n) is 7.95. The van der Waals surface area contributed by atoms with E-state index in [-0.39, 0.29) is 5.91 Å². The number of nitrogens with zero attached hydrogens (tertiary/aromatic N) is 4. The summed E-state index contributed by atoms with van der Waals surface area (Å²) in [5.41, 5.74) is -0.483. The third-order valence-electron chi connectivity index (χ3n) is 4.17. The summed E-state index contributed by atoms with van der Waals surface area (Å²) in [4.78, 5) is 25.3. The Balaban J connectivity index is 1.91. The van der Waals surface area contributed by atoms with Crippen molar-refractivity contribution in [2.45, 2.75) is 33.2 Å². The molecule has 1 saturated heterocycles. The molecule has 0 unspecified atom stereocenters. The number of carbonyl (C=O) groups excluding carboxylic acids is 1. The number of nitrogens with one attached hydrogen (secondary N) is 1. The van der Waals surface area contributed by atoms with Crippen LogP contribution in [0.2, 0.25) is 0 Å². The van der Waals surface area contributed by atoms with Gasteiger partial charge in [-0.25, -0.2) is 4.98 Å². The van der Waals surface area contributed by atoms with Gasteiger partial charge in [0, 0.05) is 45.1 Å². The lowest BCUT2D eigenvalue weighted by Crippen LogP contribution is -2.61. The van der Waals surface area contributed by atoms with Crippen LogP contribution >= 0.6 is 0 Å². The summed E-state index contributed by atoms with van der Waals surface area (Å²) < 4.78 is 0. The van der Waals surface area contributed by atoms with Gasteiger partial charge < -0.3 is 10.2 Å². The standard InChI is InChI=1S/C16H27N5O/c1-13(2)11-19-15(22)16(3,4)21-9-7-20(8-10-21)14-12-17-5-6-18-14/h5-6,12-13H,7-11H2,1-4H3,(H,19,22). The van der Waals surface area contributed by atoms with Crippen molar-refractivity contribution >= 4 is 11.7 Å². The van der Waals surface area contributed by atoms with Crippen LogP contribution in [0.5, 0.6) is 0 Å². The molecule has 122 valence electrons. The van der Waals surface area contributed by atoms with Crippen LogP contribution in [0.15, 0.2) is 18.6 Å². The topological polar surface area (TPSA) is 61.4 Å². The van der Waals surface area contributed by atoms with E-state index in [2.05, 4.69) is 38.9 Å². The van der Waals surface area contributed by atoms with E-state index in [4.69, 9.17) is 0 Å². The Morgan fingerprint density at radius 3 is 2.50 bits per heavy atom. The average Bonchev–Trinajstić information content (AvgIpc) is 2.53. The van der Waals surface area contributed by atoms with E-state index >= 15 is 0 Å². The molecule has 0 atom stereocenters. The summed E-state index contributed by atoms with van der Waals surface area (Å²) in [7, 11) is 0. The highest BCUT2D eigenvalue weighted by Gasteiger charge is 2.36. The van der Waals surface area contributed by atoms with E-state index in [1.54, 1.807) is 18.6 Å². The molecule has 22 heavy (non-hydrogen) atoms. The Hall–Kier alpha value is -1.69. The van der Waals surface area contributed by atoms with Crippen LogP contribution in [0.25, 0.3) is 0 Å². The molecule has 0 saturated carbocycles. The van der Waals surface area contributed by atoms with E-state index in [1.807, 2.05) is 13.8 Å². The van der Waals surface area contributed by atoms with Gasteiger partial charge >= 0.3 is 0 Å².